The molecule has 0 saturated carbocycles. The van der Waals surface area contributed by atoms with E-state index in [0.717, 1.165) is 11.1 Å². The molecule has 0 atom stereocenters. The van der Waals surface area contributed by atoms with Crippen LogP contribution in [0.5, 0.6) is 17.2 Å². The van der Waals surface area contributed by atoms with Crippen molar-refractivity contribution in [1.29, 1.82) is 5.26 Å². The minimum Gasteiger partial charge on any atom is -0.493 e. The zero-order valence-corrected chi connectivity index (χ0v) is 12.3. The van der Waals surface area contributed by atoms with E-state index in [1.807, 2.05) is 18.3 Å². The highest BCUT2D eigenvalue weighted by molar-refractivity contribution is 5.70. The summed E-state index contributed by atoms with van der Waals surface area (Å²) < 4.78 is 17.7. The van der Waals surface area contributed by atoms with Crippen LogP contribution in [0, 0.1) is 11.3 Å². The molecule has 0 N–H and O–H groups in total. The summed E-state index contributed by atoms with van der Waals surface area (Å²) in [4.78, 5) is 0. The molecule has 0 aliphatic rings. The lowest BCUT2D eigenvalue weighted by Gasteiger charge is -2.13. The average molecular weight is 287 g/mol. The van der Waals surface area contributed by atoms with E-state index in [1.165, 1.54) is 0 Å². The van der Waals surface area contributed by atoms with Gasteiger partial charge in [-0.1, -0.05) is 0 Å². The number of benzene rings is 1. The van der Waals surface area contributed by atoms with E-state index >= 15 is 0 Å². The van der Waals surface area contributed by atoms with Gasteiger partial charge in [0.2, 0.25) is 5.75 Å². The summed E-state index contributed by atoms with van der Waals surface area (Å²) in [5, 5.41) is 12.8. The Hall–Kier alpha value is -2.68. The predicted molar refractivity (Wildman–Crippen MR) is 77.5 cm³/mol. The Balaban J connectivity index is 2.39. The van der Waals surface area contributed by atoms with Gasteiger partial charge in [-0.15, -0.1) is 0 Å². The van der Waals surface area contributed by atoms with Gasteiger partial charge in [-0.05, 0) is 17.7 Å². The third-order valence-electron chi connectivity index (χ3n) is 3.08. The second kappa shape index (κ2) is 6.66. The van der Waals surface area contributed by atoms with Crippen LogP contribution >= 0.6 is 0 Å². The molecule has 0 fully saturated rings. The Morgan fingerprint density at radius 2 is 1.76 bits per heavy atom. The number of nitrogens with zero attached hydrogens (tertiary/aromatic N) is 3. The molecule has 1 aromatic heterocycles. The van der Waals surface area contributed by atoms with Crippen molar-refractivity contribution >= 4 is 0 Å². The van der Waals surface area contributed by atoms with Crippen LogP contribution in [0.3, 0.4) is 0 Å². The molecule has 21 heavy (non-hydrogen) atoms. The van der Waals surface area contributed by atoms with E-state index in [-0.39, 0.29) is 0 Å². The molecular weight excluding hydrogens is 270 g/mol. The second-order valence-electron chi connectivity index (χ2n) is 4.31. The van der Waals surface area contributed by atoms with Crippen molar-refractivity contribution in [2.45, 2.75) is 13.0 Å². The third kappa shape index (κ3) is 3.08. The van der Waals surface area contributed by atoms with Crippen molar-refractivity contribution < 1.29 is 14.2 Å². The first-order valence-electron chi connectivity index (χ1n) is 6.43. The average Bonchev–Trinajstić information content (AvgIpc) is 3.00. The Bertz CT molecular complexity index is 633. The van der Waals surface area contributed by atoms with Gasteiger partial charge in [-0.2, -0.15) is 10.4 Å². The molecule has 110 valence electrons. The summed E-state index contributed by atoms with van der Waals surface area (Å²) in [5.41, 5.74) is 1.83. The molecule has 0 bridgehead atoms. The third-order valence-corrected chi connectivity index (χ3v) is 3.08. The van der Waals surface area contributed by atoms with Gasteiger partial charge in [-0.25, -0.2) is 0 Å². The minimum absolute atomic E-state index is 0.427. The number of aryl methyl sites for hydroxylation is 1. The molecule has 0 unspecified atom stereocenters. The van der Waals surface area contributed by atoms with E-state index in [9.17, 15) is 0 Å². The standard InChI is InChI=1S/C15H17N3O3/c1-19-13-7-11(8-14(20-2)15(13)21-3)12-9-17-18(10-12)6-4-5-16/h7-10H,4,6H2,1-3H3. The molecular formula is C15H17N3O3. The normalized spacial score (nSPS) is 10.0. The van der Waals surface area contributed by atoms with Crippen LogP contribution in [0.25, 0.3) is 11.1 Å². The van der Waals surface area contributed by atoms with Crippen LogP contribution in [0.2, 0.25) is 0 Å². The van der Waals surface area contributed by atoms with Gasteiger partial charge in [0.05, 0.1) is 46.6 Å². The molecule has 2 rings (SSSR count). The number of ether oxygens (including phenoxy) is 3. The van der Waals surface area contributed by atoms with Crippen molar-refractivity contribution in [3.05, 3.63) is 24.5 Å². The minimum atomic E-state index is 0.427. The topological polar surface area (TPSA) is 69.3 Å². The fraction of sp³-hybridized carbons (Fsp3) is 0.333. The van der Waals surface area contributed by atoms with E-state index in [2.05, 4.69) is 11.2 Å². The van der Waals surface area contributed by atoms with Gasteiger partial charge >= 0.3 is 0 Å². The molecule has 0 saturated heterocycles. The SMILES string of the molecule is COc1cc(-c2cnn(CCC#N)c2)cc(OC)c1OC. The van der Waals surface area contributed by atoms with Gasteiger partial charge < -0.3 is 14.2 Å². The maximum Gasteiger partial charge on any atom is 0.203 e. The van der Waals surface area contributed by atoms with Gasteiger partial charge in [-0.3, -0.25) is 4.68 Å². The summed E-state index contributed by atoms with van der Waals surface area (Å²) in [6, 6.07) is 5.84. The number of nitriles is 1. The first kappa shape index (κ1) is 14.7. The quantitative estimate of drug-likeness (QED) is 0.816. The monoisotopic (exact) mass is 287 g/mol. The highest BCUT2D eigenvalue weighted by Gasteiger charge is 2.14. The van der Waals surface area contributed by atoms with Crippen LogP contribution in [-0.4, -0.2) is 31.1 Å². The molecule has 6 heteroatoms. The van der Waals surface area contributed by atoms with Crippen LogP contribution in [0.15, 0.2) is 24.5 Å². The summed E-state index contributed by atoms with van der Waals surface area (Å²) in [6.07, 6.45) is 4.06. The highest BCUT2D eigenvalue weighted by Crippen LogP contribution is 2.41. The Labute approximate surface area is 123 Å². The van der Waals surface area contributed by atoms with Crippen LogP contribution in [0.1, 0.15) is 6.42 Å². The Morgan fingerprint density at radius 3 is 2.29 bits per heavy atom. The van der Waals surface area contributed by atoms with Gasteiger partial charge in [0.15, 0.2) is 11.5 Å². The number of methoxy groups -OCH3 is 3. The van der Waals surface area contributed by atoms with Gasteiger partial charge in [0.25, 0.3) is 0 Å². The first-order valence-corrected chi connectivity index (χ1v) is 6.43. The fourth-order valence-corrected chi connectivity index (χ4v) is 2.05. The number of hydrogen-bond donors (Lipinski definition) is 0. The maximum absolute atomic E-state index is 8.61. The lowest BCUT2D eigenvalue weighted by Crippen LogP contribution is -1.96. The van der Waals surface area contributed by atoms with Crippen molar-refractivity contribution in [2.24, 2.45) is 0 Å². The number of aromatic nitrogens is 2. The van der Waals surface area contributed by atoms with E-state index in [4.69, 9.17) is 19.5 Å². The summed E-state index contributed by atoms with van der Waals surface area (Å²) in [6.45, 7) is 0.570. The van der Waals surface area contributed by atoms with E-state index in [0.29, 0.717) is 30.2 Å². The number of hydrogen-bond acceptors (Lipinski definition) is 5. The zero-order chi connectivity index (χ0) is 15.2. The molecule has 1 aromatic carbocycles. The fourth-order valence-electron chi connectivity index (χ4n) is 2.05. The largest absolute Gasteiger partial charge is 0.493 e. The Morgan fingerprint density at radius 1 is 1.10 bits per heavy atom. The molecule has 0 radical (unpaired) electrons. The van der Waals surface area contributed by atoms with E-state index in [1.54, 1.807) is 32.2 Å². The molecule has 0 aliphatic carbocycles. The molecule has 0 spiro atoms. The molecule has 1 heterocycles. The van der Waals surface area contributed by atoms with Crippen LogP contribution < -0.4 is 14.2 Å². The maximum atomic E-state index is 8.61. The molecule has 2 aromatic rings. The van der Waals surface area contributed by atoms with Crippen molar-refractivity contribution in [2.75, 3.05) is 21.3 Å². The smallest absolute Gasteiger partial charge is 0.203 e. The molecule has 0 aliphatic heterocycles. The lowest BCUT2D eigenvalue weighted by atomic mass is 10.1. The predicted octanol–water partition coefficient (Wildman–Crippen LogP) is 2.49. The van der Waals surface area contributed by atoms with Crippen molar-refractivity contribution in [1.82, 2.24) is 9.78 Å². The number of rotatable bonds is 6. The second-order valence-corrected chi connectivity index (χ2v) is 4.31. The van der Waals surface area contributed by atoms with Crippen molar-refractivity contribution in [3.8, 4) is 34.4 Å². The zero-order valence-electron chi connectivity index (χ0n) is 12.3. The summed E-state index contributed by atoms with van der Waals surface area (Å²) in [5.74, 6) is 1.74. The summed E-state index contributed by atoms with van der Waals surface area (Å²) >= 11 is 0. The summed E-state index contributed by atoms with van der Waals surface area (Å²) in [7, 11) is 4.73. The highest BCUT2D eigenvalue weighted by atomic mass is 16.5. The van der Waals surface area contributed by atoms with E-state index < -0.39 is 0 Å². The lowest BCUT2D eigenvalue weighted by molar-refractivity contribution is 0.324. The van der Waals surface area contributed by atoms with Crippen molar-refractivity contribution in [3.63, 3.8) is 0 Å². The molecule has 6 nitrogen and oxygen atoms in total. The Kier molecular flexibility index (Phi) is 4.67. The molecule has 0 amide bonds. The van der Waals surface area contributed by atoms with Crippen LogP contribution in [0.4, 0.5) is 0 Å². The van der Waals surface area contributed by atoms with Gasteiger partial charge in [0.1, 0.15) is 0 Å². The van der Waals surface area contributed by atoms with Crippen LogP contribution in [-0.2, 0) is 6.54 Å². The van der Waals surface area contributed by atoms with Gasteiger partial charge in [0, 0.05) is 11.8 Å². The first-order chi connectivity index (χ1) is 10.2.